The van der Waals surface area contributed by atoms with Gasteiger partial charge in [-0.3, -0.25) is 19.3 Å². The number of aryl methyl sites for hydroxylation is 1. The topological polar surface area (TPSA) is 57.7 Å². The molecule has 0 aliphatic carbocycles. The first-order valence-electron chi connectivity index (χ1n) is 7.55. The van der Waals surface area contributed by atoms with E-state index >= 15 is 0 Å². The fraction of sp³-hybridized carbons (Fsp3) is 0.167. The second-order valence-electron chi connectivity index (χ2n) is 5.61. The van der Waals surface area contributed by atoms with Crippen molar-refractivity contribution >= 4 is 56.1 Å². The van der Waals surface area contributed by atoms with E-state index in [4.69, 9.17) is 0 Å². The Morgan fingerprint density at radius 3 is 2.24 bits per heavy atom. The van der Waals surface area contributed by atoms with Crippen LogP contribution in [0.15, 0.2) is 53.0 Å². The summed E-state index contributed by atoms with van der Waals surface area (Å²) in [6.07, 6.45) is 0. The highest BCUT2D eigenvalue weighted by Crippen LogP contribution is 2.36. The Labute approximate surface area is 158 Å². The number of rotatable bonds is 3. The number of imide groups is 1. The first-order chi connectivity index (χ1) is 11.9. The van der Waals surface area contributed by atoms with Crippen molar-refractivity contribution in [2.24, 2.45) is 0 Å². The molecule has 5 nitrogen and oxygen atoms in total. The van der Waals surface area contributed by atoms with Crippen LogP contribution in [0.1, 0.15) is 12.5 Å². The van der Waals surface area contributed by atoms with Crippen LogP contribution in [-0.2, 0) is 9.59 Å². The van der Waals surface area contributed by atoms with Crippen molar-refractivity contribution in [1.29, 1.82) is 0 Å². The van der Waals surface area contributed by atoms with Crippen molar-refractivity contribution < 1.29 is 14.4 Å². The zero-order chi connectivity index (χ0) is 18.1. The molecule has 1 fully saturated rings. The third kappa shape index (κ3) is 3.48. The van der Waals surface area contributed by atoms with Gasteiger partial charge in [0.05, 0.1) is 5.69 Å². The number of hydrogen-bond acceptors (Lipinski definition) is 4. The van der Waals surface area contributed by atoms with E-state index in [9.17, 15) is 14.4 Å². The predicted molar refractivity (Wildman–Crippen MR) is 103 cm³/mol. The summed E-state index contributed by atoms with van der Waals surface area (Å²) in [7, 11) is 0. The van der Waals surface area contributed by atoms with E-state index in [1.54, 1.807) is 36.4 Å². The third-order valence-corrected chi connectivity index (χ3v) is 5.35. The average molecular weight is 419 g/mol. The van der Waals surface area contributed by atoms with Crippen molar-refractivity contribution in [1.82, 2.24) is 0 Å². The number of hydrogen-bond donors (Lipinski definition) is 0. The number of amides is 3. The molecule has 7 heteroatoms. The summed E-state index contributed by atoms with van der Waals surface area (Å²) in [5.41, 5.74) is 2.11. The molecule has 3 amide bonds. The summed E-state index contributed by atoms with van der Waals surface area (Å²) >= 11 is 4.19. The number of halogens is 1. The van der Waals surface area contributed by atoms with Crippen molar-refractivity contribution in [2.75, 3.05) is 9.80 Å². The van der Waals surface area contributed by atoms with E-state index in [1.807, 2.05) is 19.1 Å². The molecule has 0 spiro atoms. The predicted octanol–water partition coefficient (Wildman–Crippen LogP) is 4.34. The molecule has 25 heavy (non-hydrogen) atoms. The Bertz CT molecular complexity index is 836. The van der Waals surface area contributed by atoms with Gasteiger partial charge in [0.2, 0.25) is 5.91 Å². The number of anilines is 2. The quantitative estimate of drug-likeness (QED) is 0.743. The largest absolute Gasteiger partial charge is 0.295 e. The van der Waals surface area contributed by atoms with Gasteiger partial charge in [-0.25, -0.2) is 4.90 Å². The lowest BCUT2D eigenvalue weighted by atomic mass is 10.2. The van der Waals surface area contributed by atoms with Gasteiger partial charge in [0.1, 0.15) is 0 Å². The first kappa shape index (κ1) is 17.7. The highest BCUT2D eigenvalue weighted by atomic mass is 79.9. The third-order valence-electron chi connectivity index (χ3n) is 3.80. The summed E-state index contributed by atoms with van der Waals surface area (Å²) < 4.78 is 0.863. The standard InChI is InChI=1S/C18H15BrN2O3S/c1-11-3-7-15(8-4-11)21-16(23)17(25-18(21)24)20(12(2)22)14-9-5-13(19)6-10-14/h3-10,17H,1-2H3/t17-/m0/s1. The van der Waals surface area contributed by atoms with Gasteiger partial charge in [0, 0.05) is 17.1 Å². The number of carbonyl (C=O) groups excluding carboxylic acids is 3. The fourth-order valence-electron chi connectivity index (χ4n) is 2.57. The summed E-state index contributed by atoms with van der Waals surface area (Å²) in [4.78, 5) is 39.9. The van der Waals surface area contributed by atoms with E-state index in [0.29, 0.717) is 11.4 Å². The van der Waals surface area contributed by atoms with Gasteiger partial charge in [-0.15, -0.1) is 0 Å². The van der Waals surface area contributed by atoms with Gasteiger partial charge in [0.15, 0.2) is 5.37 Å². The maximum absolute atomic E-state index is 12.9. The molecule has 2 aromatic carbocycles. The molecule has 0 aromatic heterocycles. The Hall–Kier alpha value is -2.12. The summed E-state index contributed by atoms with van der Waals surface area (Å²) in [6, 6.07) is 14.2. The molecule has 0 saturated carbocycles. The van der Waals surface area contributed by atoms with Crippen LogP contribution < -0.4 is 9.80 Å². The van der Waals surface area contributed by atoms with Crippen LogP contribution in [0.3, 0.4) is 0 Å². The van der Waals surface area contributed by atoms with Gasteiger partial charge in [-0.1, -0.05) is 33.6 Å². The zero-order valence-electron chi connectivity index (χ0n) is 13.6. The lowest BCUT2D eigenvalue weighted by Gasteiger charge is -2.25. The first-order valence-corrected chi connectivity index (χ1v) is 9.22. The highest BCUT2D eigenvalue weighted by molar-refractivity contribution is 9.10. The second-order valence-corrected chi connectivity index (χ2v) is 7.56. The lowest BCUT2D eigenvalue weighted by molar-refractivity contribution is -0.121. The molecule has 1 heterocycles. The van der Waals surface area contributed by atoms with Gasteiger partial charge in [-0.05, 0) is 55.1 Å². The maximum atomic E-state index is 12.9. The Morgan fingerprint density at radius 2 is 1.68 bits per heavy atom. The molecular formula is C18H15BrN2O3S. The number of nitrogens with zero attached hydrogens (tertiary/aromatic N) is 2. The maximum Gasteiger partial charge on any atom is 0.295 e. The van der Waals surface area contributed by atoms with Crippen molar-refractivity contribution in [3.8, 4) is 0 Å². The molecule has 0 N–H and O–H groups in total. The molecule has 1 atom stereocenters. The Kier molecular flexibility index (Phi) is 4.96. The van der Waals surface area contributed by atoms with Crippen LogP contribution >= 0.6 is 27.7 Å². The van der Waals surface area contributed by atoms with E-state index in [2.05, 4.69) is 15.9 Å². The van der Waals surface area contributed by atoms with Crippen LogP contribution in [0.2, 0.25) is 0 Å². The normalized spacial score (nSPS) is 17.1. The monoisotopic (exact) mass is 418 g/mol. The van der Waals surface area contributed by atoms with Crippen LogP contribution in [0.4, 0.5) is 16.2 Å². The molecule has 128 valence electrons. The Morgan fingerprint density at radius 1 is 1.08 bits per heavy atom. The van der Waals surface area contributed by atoms with Gasteiger partial charge in [0.25, 0.3) is 11.1 Å². The average Bonchev–Trinajstić information content (AvgIpc) is 2.85. The molecule has 0 unspecified atom stereocenters. The van der Waals surface area contributed by atoms with Crippen molar-refractivity contribution in [3.05, 3.63) is 58.6 Å². The van der Waals surface area contributed by atoms with Crippen LogP contribution in [0.5, 0.6) is 0 Å². The molecule has 2 aromatic rings. The van der Waals surface area contributed by atoms with E-state index in [-0.39, 0.29) is 11.1 Å². The molecule has 3 rings (SSSR count). The zero-order valence-corrected chi connectivity index (χ0v) is 16.0. The minimum atomic E-state index is -0.910. The lowest BCUT2D eigenvalue weighted by Crippen LogP contribution is -2.44. The SMILES string of the molecule is CC(=O)N(c1ccc(Br)cc1)[C@H]1SC(=O)N(c2ccc(C)cc2)C1=O. The number of benzene rings is 2. The smallest absolute Gasteiger partial charge is 0.290 e. The molecule has 0 bridgehead atoms. The molecule has 1 aliphatic rings. The van der Waals surface area contributed by atoms with Gasteiger partial charge in [-0.2, -0.15) is 0 Å². The van der Waals surface area contributed by atoms with Crippen LogP contribution in [0.25, 0.3) is 0 Å². The van der Waals surface area contributed by atoms with Crippen molar-refractivity contribution in [3.63, 3.8) is 0 Å². The van der Waals surface area contributed by atoms with E-state index in [0.717, 1.165) is 26.7 Å². The molecular weight excluding hydrogens is 404 g/mol. The highest BCUT2D eigenvalue weighted by Gasteiger charge is 2.45. The molecule has 1 saturated heterocycles. The summed E-state index contributed by atoms with van der Waals surface area (Å²) in [5.74, 6) is -0.719. The molecule has 0 radical (unpaired) electrons. The van der Waals surface area contributed by atoms with Gasteiger partial charge >= 0.3 is 0 Å². The second kappa shape index (κ2) is 7.01. The van der Waals surface area contributed by atoms with Crippen LogP contribution in [0, 0.1) is 6.92 Å². The summed E-state index contributed by atoms with van der Waals surface area (Å²) in [6.45, 7) is 3.31. The number of thioether (sulfide) groups is 1. The minimum Gasteiger partial charge on any atom is -0.290 e. The van der Waals surface area contributed by atoms with Gasteiger partial charge < -0.3 is 0 Å². The van der Waals surface area contributed by atoms with Crippen LogP contribution in [-0.4, -0.2) is 22.4 Å². The fourth-order valence-corrected chi connectivity index (χ4v) is 3.91. The molecule has 1 aliphatic heterocycles. The van der Waals surface area contributed by atoms with E-state index in [1.165, 1.54) is 11.8 Å². The minimum absolute atomic E-state index is 0.299. The van der Waals surface area contributed by atoms with E-state index < -0.39 is 11.3 Å². The summed E-state index contributed by atoms with van der Waals surface area (Å²) in [5, 5.41) is -1.30. The van der Waals surface area contributed by atoms with Crippen molar-refractivity contribution in [2.45, 2.75) is 19.2 Å². The Balaban J connectivity index is 1.95. The number of carbonyl (C=O) groups is 3.